The average molecular weight is 480 g/mol. The number of carbonyl (C=O) groups excluding carboxylic acids is 1. The van der Waals surface area contributed by atoms with Crippen LogP contribution in [0.4, 0.5) is 10.1 Å². The lowest BCUT2D eigenvalue weighted by Gasteiger charge is -2.32. The Morgan fingerprint density at radius 1 is 1.24 bits per heavy atom. The van der Waals surface area contributed by atoms with E-state index in [0.29, 0.717) is 24.4 Å². The molecule has 33 heavy (non-hydrogen) atoms. The number of aliphatic hydroxyl groups is 1. The van der Waals surface area contributed by atoms with Crippen molar-refractivity contribution in [3.63, 3.8) is 0 Å². The van der Waals surface area contributed by atoms with E-state index in [1.54, 1.807) is 30.0 Å². The van der Waals surface area contributed by atoms with Crippen molar-refractivity contribution in [1.29, 1.82) is 0 Å². The van der Waals surface area contributed by atoms with Crippen LogP contribution in [0, 0.1) is 11.7 Å². The van der Waals surface area contributed by atoms with Gasteiger partial charge in [-0.15, -0.1) is 0 Å². The van der Waals surface area contributed by atoms with E-state index in [9.17, 15) is 22.7 Å². The summed E-state index contributed by atoms with van der Waals surface area (Å²) >= 11 is 0. The number of sulfonamides is 1. The number of rotatable bonds is 7. The van der Waals surface area contributed by atoms with Gasteiger partial charge in [-0.25, -0.2) is 12.8 Å². The zero-order chi connectivity index (χ0) is 24.2. The molecule has 3 rings (SSSR count). The number of nitrogens with zero attached hydrogens (tertiary/aromatic N) is 1. The normalized spacial score (nSPS) is 20.2. The van der Waals surface area contributed by atoms with Crippen molar-refractivity contribution in [2.45, 2.75) is 37.3 Å². The maximum Gasteiger partial charge on any atom is 0.261 e. The number of hydrogen-bond donors (Lipinski definition) is 3. The lowest BCUT2D eigenvalue weighted by atomic mass is 10.0. The zero-order valence-corrected chi connectivity index (χ0v) is 19.7. The maximum atomic E-state index is 13.2. The highest BCUT2D eigenvalue weighted by Crippen LogP contribution is 2.29. The standard InChI is InChI=1S/C23H30FN3O5S/c1-15-13-27(16(2)14-28)23(29)11-17-10-19(6-9-21(17)32-22(15)12-25-3)26-33(30,31)20-7-4-18(24)5-8-20/h4-10,15-16,22,25-26,28H,11-14H2,1-3H3/t15-,16+,22-/m1/s1. The zero-order valence-electron chi connectivity index (χ0n) is 18.9. The van der Waals surface area contributed by atoms with E-state index >= 15 is 0 Å². The van der Waals surface area contributed by atoms with Crippen LogP contribution in [0.25, 0.3) is 0 Å². The molecule has 0 spiro atoms. The Bertz CT molecular complexity index is 1080. The summed E-state index contributed by atoms with van der Waals surface area (Å²) in [5.74, 6) is -0.234. The number of amides is 1. The van der Waals surface area contributed by atoms with Gasteiger partial charge in [0.25, 0.3) is 10.0 Å². The Morgan fingerprint density at radius 3 is 2.58 bits per heavy atom. The van der Waals surface area contributed by atoms with Crippen molar-refractivity contribution in [2.24, 2.45) is 5.92 Å². The van der Waals surface area contributed by atoms with Gasteiger partial charge in [0.1, 0.15) is 17.7 Å². The summed E-state index contributed by atoms with van der Waals surface area (Å²) in [7, 11) is -2.13. The van der Waals surface area contributed by atoms with Crippen molar-refractivity contribution >= 4 is 21.6 Å². The van der Waals surface area contributed by atoms with Gasteiger partial charge in [-0.1, -0.05) is 6.92 Å². The molecule has 1 amide bonds. The van der Waals surface area contributed by atoms with Crippen LogP contribution in [-0.2, 0) is 21.2 Å². The summed E-state index contributed by atoms with van der Waals surface area (Å²) in [5, 5.41) is 12.8. The predicted octanol–water partition coefficient (Wildman–Crippen LogP) is 1.99. The second kappa shape index (κ2) is 10.5. The van der Waals surface area contributed by atoms with Crippen molar-refractivity contribution in [1.82, 2.24) is 10.2 Å². The van der Waals surface area contributed by atoms with Crippen LogP contribution in [0.15, 0.2) is 47.4 Å². The number of hydrogen-bond acceptors (Lipinski definition) is 6. The smallest absolute Gasteiger partial charge is 0.261 e. The van der Waals surface area contributed by atoms with Gasteiger partial charge in [0.05, 0.1) is 24.0 Å². The third-order valence-corrected chi connectivity index (χ3v) is 7.10. The minimum absolute atomic E-state index is 0.00914. The molecule has 1 aliphatic heterocycles. The van der Waals surface area contributed by atoms with Crippen molar-refractivity contribution < 1.29 is 27.4 Å². The molecule has 0 radical (unpaired) electrons. The first-order valence-electron chi connectivity index (χ1n) is 10.8. The van der Waals surface area contributed by atoms with Gasteiger partial charge in [-0.3, -0.25) is 9.52 Å². The first-order chi connectivity index (χ1) is 15.6. The van der Waals surface area contributed by atoms with Crippen molar-refractivity contribution in [3.05, 3.63) is 53.8 Å². The second-order valence-corrected chi connectivity index (χ2v) is 10.0. The fourth-order valence-corrected chi connectivity index (χ4v) is 4.82. The van der Waals surface area contributed by atoms with Gasteiger partial charge in [0, 0.05) is 30.3 Å². The first-order valence-corrected chi connectivity index (χ1v) is 12.3. The average Bonchev–Trinajstić information content (AvgIpc) is 2.81. The molecule has 0 aromatic heterocycles. The molecule has 0 fully saturated rings. The molecule has 8 nitrogen and oxygen atoms in total. The molecule has 3 atom stereocenters. The Hall–Kier alpha value is -2.69. The van der Waals surface area contributed by atoms with Crippen LogP contribution in [-0.4, -0.2) is 63.2 Å². The molecule has 2 aromatic carbocycles. The van der Waals surface area contributed by atoms with E-state index in [0.717, 1.165) is 12.1 Å². The van der Waals surface area contributed by atoms with Gasteiger partial charge in [-0.2, -0.15) is 0 Å². The van der Waals surface area contributed by atoms with Gasteiger partial charge in [-0.05, 0) is 56.4 Å². The molecule has 0 aliphatic carbocycles. The fourth-order valence-electron chi connectivity index (χ4n) is 3.77. The van der Waals surface area contributed by atoms with E-state index < -0.39 is 15.8 Å². The maximum absolute atomic E-state index is 13.2. The Labute approximate surface area is 193 Å². The number of benzene rings is 2. The van der Waals surface area contributed by atoms with E-state index in [2.05, 4.69) is 10.0 Å². The summed E-state index contributed by atoms with van der Waals surface area (Å²) in [6, 6.07) is 8.93. The van der Waals surface area contributed by atoms with E-state index in [1.165, 1.54) is 12.1 Å². The number of carbonyl (C=O) groups is 1. The Kier molecular flexibility index (Phi) is 7.93. The fraction of sp³-hybridized carbons (Fsp3) is 0.435. The molecule has 3 N–H and O–H groups in total. The molecule has 2 aromatic rings. The van der Waals surface area contributed by atoms with Gasteiger partial charge in [0.2, 0.25) is 5.91 Å². The molecule has 0 unspecified atom stereocenters. The number of nitrogens with one attached hydrogen (secondary N) is 2. The van der Waals surface area contributed by atoms with Crippen LogP contribution in [0.3, 0.4) is 0 Å². The Balaban J connectivity index is 1.95. The van der Waals surface area contributed by atoms with Gasteiger partial charge >= 0.3 is 0 Å². The second-order valence-electron chi connectivity index (χ2n) is 8.33. The minimum atomic E-state index is -3.95. The lowest BCUT2D eigenvalue weighted by molar-refractivity contribution is -0.134. The monoisotopic (exact) mass is 479 g/mol. The lowest BCUT2D eigenvalue weighted by Crippen LogP contribution is -2.47. The topological polar surface area (TPSA) is 108 Å². The number of halogens is 1. The van der Waals surface area contributed by atoms with Crippen LogP contribution in [0.5, 0.6) is 5.75 Å². The molecule has 180 valence electrons. The largest absolute Gasteiger partial charge is 0.488 e. The van der Waals surface area contributed by atoms with Crippen LogP contribution in [0.1, 0.15) is 19.4 Å². The SMILES string of the molecule is CNC[C@H]1Oc2ccc(NS(=O)(=O)c3ccc(F)cc3)cc2CC(=O)N([C@@H](C)CO)C[C@H]1C. The summed E-state index contributed by atoms with van der Waals surface area (Å²) in [6.45, 7) is 4.58. The molecule has 0 saturated heterocycles. The molecule has 1 heterocycles. The number of anilines is 1. The molecular formula is C23H30FN3O5S. The molecule has 1 aliphatic rings. The first kappa shape index (κ1) is 24.9. The number of ether oxygens (including phenoxy) is 1. The van der Waals surface area contributed by atoms with Gasteiger partial charge < -0.3 is 20.1 Å². The summed E-state index contributed by atoms with van der Waals surface area (Å²) in [4.78, 5) is 14.7. The quantitative estimate of drug-likeness (QED) is 0.561. The molecular weight excluding hydrogens is 449 g/mol. The highest BCUT2D eigenvalue weighted by molar-refractivity contribution is 7.92. The van der Waals surface area contributed by atoms with Crippen LogP contribution >= 0.6 is 0 Å². The van der Waals surface area contributed by atoms with E-state index in [-0.39, 0.29) is 47.6 Å². The third-order valence-electron chi connectivity index (χ3n) is 5.70. The number of fused-ring (bicyclic) bond motifs is 1. The number of aliphatic hydroxyl groups excluding tert-OH is 1. The van der Waals surface area contributed by atoms with Crippen LogP contribution < -0.4 is 14.8 Å². The number of likely N-dealkylation sites (N-methyl/N-ethyl adjacent to an activating group) is 1. The van der Waals surface area contributed by atoms with Gasteiger partial charge in [0.15, 0.2) is 0 Å². The molecule has 0 saturated carbocycles. The van der Waals surface area contributed by atoms with Crippen molar-refractivity contribution in [2.75, 3.05) is 31.5 Å². The minimum Gasteiger partial charge on any atom is -0.488 e. The predicted molar refractivity (Wildman–Crippen MR) is 123 cm³/mol. The summed E-state index contributed by atoms with van der Waals surface area (Å²) in [6.07, 6.45) is -0.250. The Morgan fingerprint density at radius 2 is 1.94 bits per heavy atom. The van der Waals surface area contributed by atoms with E-state index in [1.807, 2.05) is 14.0 Å². The third kappa shape index (κ3) is 6.01. The molecule has 10 heteroatoms. The highest BCUT2D eigenvalue weighted by Gasteiger charge is 2.30. The highest BCUT2D eigenvalue weighted by atomic mass is 32.2. The van der Waals surface area contributed by atoms with E-state index in [4.69, 9.17) is 4.74 Å². The summed E-state index contributed by atoms with van der Waals surface area (Å²) in [5.41, 5.74) is 0.790. The van der Waals surface area contributed by atoms with Crippen molar-refractivity contribution in [3.8, 4) is 5.75 Å². The molecule has 0 bridgehead atoms. The summed E-state index contributed by atoms with van der Waals surface area (Å²) < 4.78 is 47.3. The van der Waals surface area contributed by atoms with Crippen LogP contribution in [0.2, 0.25) is 0 Å².